The molecule has 0 bridgehead atoms. The fourth-order valence-corrected chi connectivity index (χ4v) is 4.03. The van der Waals surface area contributed by atoms with Crippen LogP contribution < -0.4 is 0 Å². The van der Waals surface area contributed by atoms with Crippen LogP contribution in [0.25, 0.3) is 0 Å². The van der Waals surface area contributed by atoms with Gasteiger partial charge >= 0.3 is 0 Å². The van der Waals surface area contributed by atoms with Crippen LogP contribution in [-0.4, -0.2) is 56.6 Å². The molecule has 22 heavy (non-hydrogen) atoms. The molecule has 4 heterocycles. The molecule has 124 valence electrons. The molecule has 5 nitrogen and oxygen atoms in total. The van der Waals surface area contributed by atoms with E-state index in [2.05, 4.69) is 0 Å². The van der Waals surface area contributed by atoms with Gasteiger partial charge in [0.15, 0.2) is 0 Å². The monoisotopic (exact) mass is 310 g/mol. The Labute approximate surface area is 131 Å². The summed E-state index contributed by atoms with van der Waals surface area (Å²) in [6.45, 7) is 5.30. The normalized spacial score (nSPS) is 39.0. The van der Waals surface area contributed by atoms with Gasteiger partial charge in [-0.25, -0.2) is 0 Å². The van der Waals surface area contributed by atoms with E-state index in [1.54, 1.807) is 0 Å². The van der Waals surface area contributed by atoms with Crippen LogP contribution in [0.1, 0.15) is 39.0 Å². The molecule has 0 radical (unpaired) electrons. The zero-order valence-electron chi connectivity index (χ0n) is 13.3. The predicted molar refractivity (Wildman–Crippen MR) is 78.6 cm³/mol. The maximum atomic E-state index is 12.7. The minimum absolute atomic E-state index is 0.0391. The highest BCUT2D eigenvalue weighted by atomic mass is 16.6. The maximum Gasteiger partial charge on any atom is 0.136 e. The third-order valence-electron chi connectivity index (χ3n) is 5.49. The zero-order valence-corrected chi connectivity index (χ0v) is 13.3. The number of carbonyl (C=O) groups is 1. The van der Waals surface area contributed by atoms with Crippen LogP contribution in [0.4, 0.5) is 0 Å². The lowest BCUT2D eigenvalue weighted by Gasteiger charge is -2.40. The standard InChI is InChI=1S/C17H26O5/c1-2-16(18)15(3-11-7-19-11)17(4-12-8-20-12,5-13-9-21-13)6-14-10-22-14/h11-15H,2-10H2,1H3. The SMILES string of the molecule is CCC(=O)C(CC1CO1)C(CC1CO1)(CC1CO1)CC1CO1. The van der Waals surface area contributed by atoms with Gasteiger partial charge in [-0.3, -0.25) is 4.79 Å². The van der Waals surface area contributed by atoms with Crippen LogP contribution in [0, 0.1) is 11.3 Å². The van der Waals surface area contributed by atoms with Crippen molar-refractivity contribution in [2.24, 2.45) is 11.3 Å². The third kappa shape index (κ3) is 3.70. The summed E-state index contributed by atoms with van der Waals surface area (Å²) in [7, 11) is 0. The summed E-state index contributed by atoms with van der Waals surface area (Å²) < 4.78 is 22.0. The van der Waals surface area contributed by atoms with Crippen molar-refractivity contribution in [1.82, 2.24) is 0 Å². The van der Waals surface area contributed by atoms with Gasteiger partial charge < -0.3 is 18.9 Å². The molecule has 4 aliphatic heterocycles. The molecule has 5 atom stereocenters. The lowest BCUT2D eigenvalue weighted by Crippen LogP contribution is -2.40. The van der Waals surface area contributed by atoms with Gasteiger partial charge in [0.2, 0.25) is 0 Å². The predicted octanol–water partition coefficient (Wildman–Crippen LogP) is 1.72. The van der Waals surface area contributed by atoms with Crippen LogP contribution in [0.2, 0.25) is 0 Å². The Morgan fingerprint density at radius 3 is 1.64 bits per heavy atom. The Balaban J connectivity index is 1.58. The molecular weight excluding hydrogens is 284 g/mol. The molecule has 0 N–H and O–H groups in total. The Kier molecular flexibility index (Phi) is 4.01. The van der Waals surface area contributed by atoms with Crippen LogP contribution in [0.15, 0.2) is 0 Å². The highest BCUT2D eigenvalue weighted by Gasteiger charge is 2.52. The van der Waals surface area contributed by atoms with Crippen LogP contribution >= 0.6 is 0 Å². The van der Waals surface area contributed by atoms with E-state index >= 15 is 0 Å². The number of Topliss-reactive ketones (excluding diaryl/α,β-unsaturated/α-hetero) is 1. The lowest BCUT2D eigenvalue weighted by molar-refractivity contribution is -0.128. The van der Waals surface area contributed by atoms with E-state index in [9.17, 15) is 4.79 Å². The molecule has 4 saturated heterocycles. The lowest BCUT2D eigenvalue weighted by atomic mass is 9.63. The smallest absolute Gasteiger partial charge is 0.136 e. The van der Waals surface area contributed by atoms with Crippen molar-refractivity contribution in [1.29, 1.82) is 0 Å². The van der Waals surface area contributed by atoms with Crippen LogP contribution in [0.3, 0.4) is 0 Å². The molecular formula is C17H26O5. The van der Waals surface area contributed by atoms with Crippen molar-refractivity contribution in [2.75, 3.05) is 26.4 Å². The van der Waals surface area contributed by atoms with E-state index in [0.717, 1.165) is 52.1 Å². The van der Waals surface area contributed by atoms with Gasteiger partial charge in [0.05, 0.1) is 50.8 Å². The Hall–Kier alpha value is -0.490. The average molecular weight is 310 g/mol. The first kappa shape index (κ1) is 15.1. The second-order valence-electron chi connectivity index (χ2n) is 7.40. The summed E-state index contributed by atoms with van der Waals surface area (Å²) in [6.07, 6.45) is 5.61. The number of ether oxygens (including phenoxy) is 4. The van der Waals surface area contributed by atoms with E-state index in [0.29, 0.717) is 30.5 Å². The van der Waals surface area contributed by atoms with Crippen molar-refractivity contribution >= 4 is 5.78 Å². The first-order valence-corrected chi connectivity index (χ1v) is 8.67. The Morgan fingerprint density at radius 1 is 0.909 bits per heavy atom. The average Bonchev–Trinajstić information content (AvgIpc) is 3.36. The largest absolute Gasteiger partial charge is 0.373 e. The van der Waals surface area contributed by atoms with E-state index in [1.165, 1.54) is 0 Å². The van der Waals surface area contributed by atoms with Crippen LogP contribution in [-0.2, 0) is 23.7 Å². The fraction of sp³-hybridized carbons (Fsp3) is 0.941. The molecule has 4 fully saturated rings. The molecule has 5 unspecified atom stereocenters. The summed E-state index contributed by atoms with van der Waals surface area (Å²) in [5.41, 5.74) is -0.0391. The summed E-state index contributed by atoms with van der Waals surface area (Å²) in [6, 6.07) is 0. The molecule has 5 heteroatoms. The maximum absolute atomic E-state index is 12.7. The minimum atomic E-state index is -0.0391. The second-order valence-corrected chi connectivity index (χ2v) is 7.40. The van der Waals surface area contributed by atoms with Crippen LogP contribution in [0.5, 0.6) is 0 Å². The summed E-state index contributed by atoms with van der Waals surface area (Å²) in [5.74, 6) is 0.431. The minimum Gasteiger partial charge on any atom is -0.373 e. The Morgan fingerprint density at radius 2 is 1.32 bits per heavy atom. The van der Waals surface area contributed by atoms with Crippen molar-refractivity contribution in [2.45, 2.75) is 63.4 Å². The van der Waals surface area contributed by atoms with E-state index in [1.807, 2.05) is 6.92 Å². The summed E-state index contributed by atoms with van der Waals surface area (Å²) in [5, 5.41) is 0. The quantitative estimate of drug-likeness (QED) is 0.544. The van der Waals surface area contributed by atoms with E-state index in [4.69, 9.17) is 18.9 Å². The third-order valence-corrected chi connectivity index (χ3v) is 5.49. The molecule has 0 aromatic heterocycles. The summed E-state index contributed by atoms with van der Waals surface area (Å²) in [4.78, 5) is 12.7. The van der Waals surface area contributed by atoms with Gasteiger partial charge in [0, 0.05) is 12.3 Å². The number of ketones is 1. The molecule has 0 amide bonds. The van der Waals surface area contributed by atoms with Gasteiger partial charge in [-0.2, -0.15) is 0 Å². The van der Waals surface area contributed by atoms with Gasteiger partial charge in [-0.05, 0) is 31.1 Å². The van der Waals surface area contributed by atoms with Crippen molar-refractivity contribution in [3.8, 4) is 0 Å². The number of carbonyl (C=O) groups excluding carboxylic acids is 1. The number of epoxide rings is 4. The molecule has 4 rings (SSSR count). The van der Waals surface area contributed by atoms with Gasteiger partial charge in [-0.15, -0.1) is 0 Å². The van der Waals surface area contributed by atoms with E-state index < -0.39 is 0 Å². The molecule has 0 aromatic carbocycles. The second kappa shape index (κ2) is 5.86. The van der Waals surface area contributed by atoms with E-state index in [-0.39, 0.29) is 17.4 Å². The Bertz CT molecular complexity index is 385. The highest BCUT2D eigenvalue weighted by Crippen LogP contribution is 2.51. The first-order chi connectivity index (χ1) is 10.7. The zero-order chi connectivity index (χ0) is 15.2. The molecule has 0 aliphatic carbocycles. The van der Waals surface area contributed by atoms with Gasteiger partial charge in [0.25, 0.3) is 0 Å². The first-order valence-electron chi connectivity index (χ1n) is 8.67. The number of rotatable bonds is 11. The topological polar surface area (TPSA) is 67.2 Å². The fourth-order valence-electron chi connectivity index (χ4n) is 4.03. The summed E-state index contributed by atoms with van der Waals surface area (Å²) >= 11 is 0. The number of hydrogen-bond acceptors (Lipinski definition) is 5. The van der Waals surface area contributed by atoms with Gasteiger partial charge in [-0.1, -0.05) is 6.92 Å². The molecule has 4 aliphatic rings. The van der Waals surface area contributed by atoms with Gasteiger partial charge in [0.1, 0.15) is 5.78 Å². The number of hydrogen-bond donors (Lipinski definition) is 0. The van der Waals surface area contributed by atoms with Crippen molar-refractivity contribution in [3.05, 3.63) is 0 Å². The molecule has 0 spiro atoms. The van der Waals surface area contributed by atoms with Crippen molar-refractivity contribution < 1.29 is 23.7 Å². The highest BCUT2D eigenvalue weighted by molar-refractivity contribution is 5.81. The van der Waals surface area contributed by atoms with Crippen molar-refractivity contribution in [3.63, 3.8) is 0 Å². The molecule has 0 aromatic rings. The molecule has 0 saturated carbocycles.